The van der Waals surface area contributed by atoms with Crippen LogP contribution in [-0.2, 0) is 32.9 Å². The fourth-order valence-electron chi connectivity index (χ4n) is 8.96. The van der Waals surface area contributed by atoms with Crippen LogP contribution in [0.1, 0.15) is 69.1 Å². The van der Waals surface area contributed by atoms with Gasteiger partial charge in [0.2, 0.25) is 0 Å². The van der Waals surface area contributed by atoms with E-state index in [0.29, 0.717) is 11.5 Å². The summed E-state index contributed by atoms with van der Waals surface area (Å²) in [4.78, 5) is 13.7. The van der Waals surface area contributed by atoms with Crippen molar-refractivity contribution in [2.24, 2.45) is 5.92 Å². The molecule has 4 aromatic heterocycles. The Morgan fingerprint density at radius 3 is 1.86 bits per heavy atom. The molecule has 1 aliphatic rings. The molecule has 10 rings (SSSR count). The minimum atomic E-state index is -1.33. The molecule has 1 aliphatic carbocycles. The number of para-hydroxylation sites is 1. The van der Waals surface area contributed by atoms with Crippen molar-refractivity contribution in [2.75, 3.05) is 0 Å². The summed E-state index contributed by atoms with van der Waals surface area (Å²) in [6, 6.07) is 50.5. The van der Waals surface area contributed by atoms with Crippen molar-refractivity contribution in [3.63, 3.8) is 0 Å². The Labute approximate surface area is 405 Å². The van der Waals surface area contributed by atoms with Gasteiger partial charge in [0.1, 0.15) is 17.0 Å². The molecule has 9 aromatic rings. The molecule has 0 saturated heterocycles. The second-order valence-electron chi connectivity index (χ2n) is 18.6. The number of hydrogen-bond acceptors (Lipinski definition) is 4. The van der Waals surface area contributed by atoms with Gasteiger partial charge in [-0.15, -0.1) is 0 Å². The Hall–Kier alpha value is -5.85. The second-order valence-corrected chi connectivity index (χ2v) is 23.6. The van der Waals surface area contributed by atoms with Crippen LogP contribution in [-0.4, -0.2) is 23.0 Å². The van der Waals surface area contributed by atoms with Gasteiger partial charge >= 0.3 is 0 Å². The van der Waals surface area contributed by atoms with Crippen molar-refractivity contribution < 1.29 is 28.9 Å². The molecule has 1 radical (unpaired) electrons. The van der Waals surface area contributed by atoms with Crippen molar-refractivity contribution in [3.05, 3.63) is 193 Å². The number of benzene rings is 5. The molecule has 1 fully saturated rings. The molecule has 337 valence electrons. The van der Waals surface area contributed by atoms with Crippen molar-refractivity contribution in [2.45, 2.75) is 84.9 Å². The van der Waals surface area contributed by atoms with E-state index in [1.54, 1.807) is 12.1 Å². The summed E-state index contributed by atoms with van der Waals surface area (Å²) in [7, 11) is -1.33. The Bertz CT molecular complexity index is 2990. The van der Waals surface area contributed by atoms with Gasteiger partial charge in [-0.3, -0.25) is 15.0 Å². The van der Waals surface area contributed by atoms with E-state index < -0.39 is 8.07 Å². The van der Waals surface area contributed by atoms with Crippen LogP contribution in [0.4, 0.5) is 4.39 Å². The third-order valence-corrected chi connectivity index (χ3v) is 14.6. The third kappa shape index (κ3) is 11.6. The van der Waals surface area contributed by atoms with Crippen molar-refractivity contribution in [3.8, 4) is 44.9 Å². The van der Waals surface area contributed by atoms with Crippen LogP contribution >= 0.6 is 0 Å². The number of rotatable bonds is 9. The largest absolute Gasteiger partial charge is 0.455 e. The maximum absolute atomic E-state index is 14.3. The number of fused-ring (bicyclic) bond motifs is 3. The maximum Gasteiger partial charge on any atom is 0.144 e. The monoisotopic (exact) mass is 1070 g/mol. The van der Waals surface area contributed by atoms with E-state index in [1.165, 1.54) is 64.8 Å². The van der Waals surface area contributed by atoms with E-state index in [2.05, 4.69) is 142 Å². The van der Waals surface area contributed by atoms with Crippen molar-refractivity contribution >= 4 is 35.2 Å². The molecule has 5 aromatic carbocycles. The fourth-order valence-corrected chi connectivity index (χ4v) is 10.6. The van der Waals surface area contributed by atoms with Gasteiger partial charge in [-0.25, -0.2) is 4.39 Å². The Morgan fingerprint density at radius 1 is 0.606 bits per heavy atom. The molecule has 66 heavy (non-hydrogen) atoms. The molecule has 0 bridgehead atoms. The SMILES string of the molecule is CC(C)c1cc(-c2ccccc2)ncc1[Si](C)(C)C.CCc1ccnc(-c2ccccc2)c1.Fc1ccccc1-c1ccc2c(c1)oc1c(-c3cc(CC4CCCC4)ccn3)cccc12.[Ir]. The van der Waals surface area contributed by atoms with Gasteiger partial charge in [0.15, 0.2) is 0 Å². The van der Waals surface area contributed by atoms with E-state index >= 15 is 0 Å². The number of halogens is 1. The number of hydrogen-bond donors (Lipinski definition) is 0. The fraction of sp³-hybridized carbons (Fsp3) is 0.237. The second kappa shape index (κ2) is 22.1. The van der Waals surface area contributed by atoms with Crippen LogP contribution in [0.3, 0.4) is 0 Å². The summed E-state index contributed by atoms with van der Waals surface area (Å²) in [5.74, 6) is 1.11. The third-order valence-electron chi connectivity index (χ3n) is 12.5. The van der Waals surface area contributed by atoms with E-state index in [4.69, 9.17) is 9.40 Å². The molecule has 0 N–H and O–H groups in total. The van der Waals surface area contributed by atoms with Crippen molar-refractivity contribution in [1.29, 1.82) is 0 Å². The molecule has 0 spiro atoms. The van der Waals surface area contributed by atoms with E-state index in [1.807, 2.05) is 60.9 Å². The number of pyridine rings is 3. The van der Waals surface area contributed by atoms with Gasteiger partial charge in [-0.1, -0.05) is 163 Å². The predicted molar refractivity (Wildman–Crippen MR) is 274 cm³/mol. The average molecular weight is 1070 g/mol. The van der Waals surface area contributed by atoms with Gasteiger partial charge < -0.3 is 4.42 Å². The first-order chi connectivity index (χ1) is 31.6. The first-order valence-corrected chi connectivity index (χ1v) is 26.8. The van der Waals surface area contributed by atoms with Crippen LogP contribution in [0.2, 0.25) is 19.6 Å². The topological polar surface area (TPSA) is 51.8 Å². The van der Waals surface area contributed by atoms with Gasteiger partial charge in [-0.2, -0.15) is 0 Å². The molecule has 7 heteroatoms. The zero-order valence-electron chi connectivity index (χ0n) is 39.0. The number of aromatic nitrogens is 3. The quantitative estimate of drug-likeness (QED) is 0.135. The Balaban J connectivity index is 0.000000162. The maximum atomic E-state index is 14.3. The molecule has 0 aliphatic heterocycles. The first-order valence-electron chi connectivity index (χ1n) is 23.3. The predicted octanol–water partition coefficient (Wildman–Crippen LogP) is 15.9. The molecule has 0 atom stereocenters. The first kappa shape index (κ1) is 48.1. The van der Waals surface area contributed by atoms with E-state index in [0.717, 1.165) is 68.9 Å². The standard InChI is InChI=1S/C29H24FNO.C17H23NSi.C13H13N.Ir/c30-26-11-4-3-8-22(26)21-12-13-23-24-9-5-10-25(29(24)32-28(23)18-21)27-17-20(14-15-31-27)16-19-6-1-2-7-19;1-13(2)15-11-16(14-9-7-6-8-10-14)18-12-17(15)19(3,4)5;1-2-11-8-9-14-13(10-11)12-6-4-3-5-7-12;/h3-5,8-15,17-19H,1-2,6-7,16H2;6-13H,1-5H3;3-10H,2H2,1H3;. The average Bonchev–Trinajstić information content (AvgIpc) is 4.00. The molecule has 4 heterocycles. The molecule has 0 amide bonds. The molecule has 1 saturated carbocycles. The summed E-state index contributed by atoms with van der Waals surface area (Å²) in [5.41, 5.74) is 13.6. The molecular formula is C59H60FIrN3OSi. The normalized spacial score (nSPS) is 12.6. The summed E-state index contributed by atoms with van der Waals surface area (Å²) in [6.07, 6.45) is 13.5. The summed E-state index contributed by atoms with van der Waals surface area (Å²) < 4.78 is 20.7. The van der Waals surface area contributed by atoms with Crippen LogP contribution in [0.25, 0.3) is 66.8 Å². The molecule has 4 nitrogen and oxygen atoms in total. The van der Waals surface area contributed by atoms with Crippen LogP contribution in [0, 0.1) is 11.7 Å². The van der Waals surface area contributed by atoms with Gasteiger partial charge in [-0.05, 0) is 107 Å². The summed E-state index contributed by atoms with van der Waals surface area (Å²) in [5, 5.41) is 3.58. The Morgan fingerprint density at radius 2 is 1.21 bits per heavy atom. The smallest absolute Gasteiger partial charge is 0.144 e. The zero-order chi connectivity index (χ0) is 45.3. The minimum absolute atomic E-state index is 0. The summed E-state index contributed by atoms with van der Waals surface area (Å²) in [6.45, 7) is 13.9. The zero-order valence-corrected chi connectivity index (χ0v) is 42.4. The van der Waals surface area contributed by atoms with Crippen molar-refractivity contribution in [1.82, 2.24) is 15.0 Å². The Kier molecular flexibility index (Phi) is 16.1. The number of aryl methyl sites for hydroxylation is 1. The van der Waals surface area contributed by atoms with E-state index in [9.17, 15) is 4.39 Å². The van der Waals surface area contributed by atoms with Crippen LogP contribution in [0.15, 0.2) is 175 Å². The molecular weight excluding hydrogens is 1010 g/mol. The van der Waals surface area contributed by atoms with Crippen LogP contribution < -0.4 is 5.19 Å². The summed E-state index contributed by atoms with van der Waals surface area (Å²) >= 11 is 0. The van der Waals surface area contributed by atoms with Gasteiger partial charge in [0, 0.05) is 71.7 Å². The molecule has 0 unspecified atom stereocenters. The van der Waals surface area contributed by atoms with Gasteiger partial charge in [0.25, 0.3) is 0 Å². The minimum Gasteiger partial charge on any atom is -0.455 e. The van der Waals surface area contributed by atoms with E-state index in [-0.39, 0.29) is 25.9 Å². The number of nitrogens with zero attached hydrogens (tertiary/aromatic N) is 3. The van der Waals surface area contributed by atoms with Crippen LogP contribution in [0.5, 0.6) is 0 Å². The number of furan rings is 1. The van der Waals surface area contributed by atoms with Gasteiger partial charge in [0.05, 0.1) is 25.2 Å².